The van der Waals surface area contributed by atoms with Gasteiger partial charge in [-0.3, -0.25) is 9.89 Å². The summed E-state index contributed by atoms with van der Waals surface area (Å²) in [5, 5.41) is 9.48. The maximum Gasteiger partial charge on any atom is 0.227 e. The number of carbonyl (C=O) groups excluding carboxylic acids is 1. The average molecular weight is 316 g/mol. The van der Waals surface area contributed by atoms with E-state index in [0.717, 1.165) is 42.5 Å². The molecule has 0 radical (unpaired) electrons. The number of nitrogens with one attached hydrogen (secondary N) is 1. The summed E-state index contributed by atoms with van der Waals surface area (Å²) in [7, 11) is 0. The first-order valence-electron chi connectivity index (χ1n) is 8.02. The van der Waals surface area contributed by atoms with Gasteiger partial charge in [0.1, 0.15) is 5.82 Å². The minimum Gasteiger partial charge on any atom is -0.342 e. The number of aromatic amines is 1. The van der Waals surface area contributed by atoms with Crippen LogP contribution in [-0.4, -0.2) is 39.1 Å². The van der Waals surface area contributed by atoms with Crippen molar-refractivity contribution in [1.82, 2.24) is 20.1 Å². The summed E-state index contributed by atoms with van der Waals surface area (Å²) in [6, 6.07) is 4.03. The van der Waals surface area contributed by atoms with Gasteiger partial charge in [0, 0.05) is 29.8 Å². The van der Waals surface area contributed by atoms with Gasteiger partial charge in [-0.2, -0.15) is 5.10 Å². The smallest absolute Gasteiger partial charge is 0.227 e. The molecule has 2 aromatic heterocycles. The number of rotatable bonds is 4. The van der Waals surface area contributed by atoms with E-state index in [1.165, 1.54) is 12.8 Å². The fraction of sp³-hybridized carbons (Fsp3) is 0.562. The molecule has 2 fully saturated rings. The second kappa shape index (κ2) is 5.83. The van der Waals surface area contributed by atoms with Crippen LogP contribution in [-0.2, 0) is 11.2 Å². The zero-order valence-electron chi connectivity index (χ0n) is 12.5. The Kier molecular flexibility index (Phi) is 3.70. The lowest BCUT2D eigenvalue weighted by Gasteiger charge is -2.31. The van der Waals surface area contributed by atoms with E-state index in [2.05, 4.69) is 15.2 Å². The van der Waals surface area contributed by atoms with E-state index in [4.69, 9.17) is 0 Å². The number of carbonyl (C=O) groups is 1. The van der Waals surface area contributed by atoms with E-state index >= 15 is 0 Å². The standard InChI is InChI=1S/C16H20N4OS/c21-14(10-13-2-1-9-22-13)20-7-5-12(6-8-20)16-17-15(18-19-16)11-3-4-11/h1-2,9,11-12H,3-8,10H2,(H,17,18,19). The molecule has 3 heterocycles. The number of piperidine rings is 1. The summed E-state index contributed by atoms with van der Waals surface area (Å²) in [5.41, 5.74) is 0. The van der Waals surface area contributed by atoms with Crippen molar-refractivity contribution in [1.29, 1.82) is 0 Å². The van der Waals surface area contributed by atoms with Crippen molar-refractivity contribution < 1.29 is 4.79 Å². The van der Waals surface area contributed by atoms with Gasteiger partial charge in [-0.15, -0.1) is 11.3 Å². The molecule has 1 aliphatic heterocycles. The number of amides is 1. The Morgan fingerprint density at radius 3 is 2.77 bits per heavy atom. The van der Waals surface area contributed by atoms with Crippen LogP contribution >= 0.6 is 11.3 Å². The molecule has 2 aromatic rings. The van der Waals surface area contributed by atoms with Gasteiger partial charge in [0.15, 0.2) is 5.82 Å². The summed E-state index contributed by atoms with van der Waals surface area (Å²) >= 11 is 1.65. The Morgan fingerprint density at radius 1 is 1.27 bits per heavy atom. The molecule has 1 N–H and O–H groups in total. The zero-order chi connectivity index (χ0) is 14.9. The second-order valence-electron chi connectivity index (χ2n) is 6.26. The Bertz CT molecular complexity index is 639. The third kappa shape index (κ3) is 2.92. The Hall–Kier alpha value is -1.69. The molecule has 0 atom stereocenters. The number of hydrogen-bond donors (Lipinski definition) is 1. The molecule has 6 heteroatoms. The highest BCUT2D eigenvalue weighted by Crippen LogP contribution is 2.38. The highest BCUT2D eigenvalue weighted by atomic mass is 32.1. The summed E-state index contributed by atoms with van der Waals surface area (Å²) in [5.74, 6) is 3.28. The van der Waals surface area contributed by atoms with E-state index in [1.807, 2.05) is 22.4 Å². The van der Waals surface area contributed by atoms with Gasteiger partial charge in [0.25, 0.3) is 0 Å². The van der Waals surface area contributed by atoms with Gasteiger partial charge in [-0.25, -0.2) is 4.98 Å². The quantitative estimate of drug-likeness (QED) is 0.943. The molecule has 4 rings (SSSR count). The molecule has 1 amide bonds. The van der Waals surface area contributed by atoms with Crippen LogP contribution in [0.3, 0.4) is 0 Å². The summed E-state index contributed by atoms with van der Waals surface area (Å²) in [6.07, 6.45) is 4.96. The van der Waals surface area contributed by atoms with Crippen LogP contribution in [0.15, 0.2) is 17.5 Å². The van der Waals surface area contributed by atoms with Crippen LogP contribution in [0.25, 0.3) is 0 Å². The molecular weight excluding hydrogens is 296 g/mol. The maximum absolute atomic E-state index is 12.3. The van der Waals surface area contributed by atoms with Crippen molar-refractivity contribution in [3.63, 3.8) is 0 Å². The van der Waals surface area contributed by atoms with Gasteiger partial charge in [-0.1, -0.05) is 6.07 Å². The van der Waals surface area contributed by atoms with Crippen molar-refractivity contribution in [2.24, 2.45) is 0 Å². The monoisotopic (exact) mass is 316 g/mol. The number of H-pyrrole nitrogens is 1. The Morgan fingerprint density at radius 2 is 2.09 bits per heavy atom. The average Bonchev–Trinajstić information content (AvgIpc) is 3.06. The van der Waals surface area contributed by atoms with E-state index in [1.54, 1.807) is 11.3 Å². The molecule has 0 aromatic carbocycles. The summed E-state index contributed by atoms with van der Waals surface area (Å²) < 4.78 is 0. The largest absolute Gasteiger partial charge is 0.342 e. The van der Waals surface area contributed by atoms with Crippen LogP contribution in [0.5, 0.6) is 0 Å². The zero-order valence-corrected chi connectivity index (χ0v) is 13.3. The van der Waals surface area contributed by atoms with Crippen LogP contribution < -0.4 is 0 Å². The van der Waals surface area contributed by atoms with Gasteiger partial charge in [0.2, 0.25) is 5.91 Å². The predicted molar refractivity (Wildman–Crippen MR) is 84.9 cm³/mol. The highest BCUT2D eigenvalue weighted by molar-refractivity contribution is 7.10. The van der Waals surface area contributed by atoms with Gasteiger partial charge < -0.3 is 4.90 Å². The lowest BCUT2D eigenvalue weighted by atomic mass is 9.96. The number of nitrogens with zero attached hydrogens (tertiary/aromatic N) is 3. The first-order chi connectivity index (χ1) is 10.8. The molecule has 22 heavy (non-hydrogen) atoms. The van der Waals surface area contributed by atoms with E-state index in [-0.39, 0.29) is 5.91 Å². The highest BCUT2D eigenvalue weighted by Gasteiger charge is 2.30. The predicted octanol–water partition coefficient (Wildman–Crippen LogP) is 2.69. The minimum absolute atomic E-state index is 0.247. The van der Waals surface area contributed by atoms with Crippen molar-refractivity contribution in [2.45, 2.75) is 43.9 Å². The molecule has 116 valence electrons. The lowest BCUT2D eigenvalue weighted by molar-refractivity contribution is -0.131. The lowest BCUT2D eigenvalue weighted by Crippen LogP contribution is -2.38. The molecule has 1 saturated carbocycles. The first-order valence-corrected chi connectivity index (χ1v) is 8.90. The summed E-state index contributed by atoms with van der Waals surface area (Å²) in [6.45, 7) is 1.66. The molecule has 0 spiro atoms. The fourth-order valence-corrected chi connectivity index (χ4v) is 3.77. The van der Waals surface area contributed by atoms with E-state index in [0.29, 0.717) is 18.3 Å². The number of thiophene rings is 1. The number of hydrogen-bond acceptors (Lipinski definition) is 4. The maximum atomic E-state index is 12.3. The van der Waals surface area contributed by atoms with Crippen LogP contribution in [0.2, 0.25) is 0 Å². The van der Waals surface area contributed by atoms with Gasteiger partial charge >= 0.3 is 0 Å². The van der Waals surface area contributed by atoms with Crippen molar-refractivity contribution >= 4 is 17.2 Å². The van der Waals surface area contributed by atoms with Gasteiger partial charge in [-0.05, 0) is 37.1 Å². The van der Waals surface area contributed by atoms with E-state index < -0.39 is 0 Å². The Labute approximate surface area is 133 Å². The molecule has 5 nitrogen and oxygen atoms in total. The second-order valence-corrected chi connectivity index (χ2v) is 7.30. The molecular formula is C16H20N4OS. The third-order valence-electron chi connectivity index (χ3n) is 4.60. The number of aromatic nitrogens is 3. The van der Waals surface area contributed by atoms with Crippen LogP contribution in [0.4, 0.5) is 0 Å². The molecule has 0 bridgehead atoms. The van der Waals surface area contributed by atoms with Crippen molar-refractivity contribution in [3.8, 4) is 0 Å². The topological polar surface area (TPSA) is 61.9 Å². The van der Waals surface area contributed by atoms with Crippen LogP contribution in [0.1, 0.15) is 54.0 Å². The molecule has 1 aliphatic carbocycles. The fourth-order valence-electron chi connectivity index (χ4n) is 3.07. The number of likely N-dealkylation sites (tertiary alicyclic amines) is 1. The molecule has 0 unspecified atom stereocenters. The SMILES string of the molecule is O=C(Cc1cccs1)N1CCC(c2nc(C3CC3)n[nH]2)CC1. The van der Waals surface area contributed by atoms with Crippen LogP contribution in [0, 0.1) is 0 Å². The first kappa shape index (κ1) is 13.9. The molecule has 1 saturated heterocycles. The Balaban J connectivity index is 1.32. The van der Waals surface area contributed by atoms with Crippen molar-refractivity contribution in [2.75, 3.05) is 13.1 Å². The third-order valence-corrected chi connectivity index (χ3v) is 5.48. The minimum atomic E-state index is 0.247. The molecule has 2 aliphatic rings. The van der Waals surface area contributed by atoms with E-state index in [9.17, 15) is 4.79 Å². The normalized spacial score (nSPS) is 19.5. The van der Waals surface area contributed by atoms with Gasteiger partial charge in [0.05, 0.1) is 6.42 Å². The summed E-state index contributed by atoms with van der Waals surface area (Å²) in [4.78, 5) is 20.1. The van der Waals surface area contributed by atoms with Crippen molar-refractivity contribution in [3.05, 3.63) is 34.0 Å².